The second kappa shape index (κ2) is 6.68. The predicted octanol–water partition coefficient (Wildman–Crippen LogP) is 3.72. The van der Waals surface area contributed by atoms with Crippen molar-refractivity contribution in [3.8, 4) is 0 Å². The molecule has 1 amide bonds. The molecule has 5 heteroatoms. The number of thiophene rings is 1. The van der Waals surface area contributed by atoms with Crippen LogP contribution >= 0.6 is 22.9 Å². The topological polar surface area (TPSA) is 29.1 Å². The summed E-state index contributed by atoms with van der Waals surface area (Å²) in [6, 6.07) is 9.76. The maximum absolute atomic E-state index is 13.0. The van der Waals surface area contributed by atoms with E-state index in [1.165, 1.54) is 12.1 Å². The number of carbonyl (C=O) groups excluding carboxylic acids is 1. The van der Waals surface area contributed by atoms with Crippen molar-refractivity contribution >= 4 is 28.8 Å². The van der Waals surface area contributed by atoms with Crippen LogP contribution in [-0.4, -0.2) is 11.8 Å². The second-order valence-corrected chi connectivity index (χ2v) is 5.36. The zero-order valence-electron chi connectivity index (χ0n) is 10.1. The third-order valence-corrected chi connectivity index (χ3v) is 3.78. The summed E-state index contributed by atoms with van der Waals surface area (Å²) in [6.45, 7) is 0. The molecule has 0 fully saturated rings. The summed E-state index contributed by atoms with van der Waals surface area (Å²) < 4.78 is 13.0. The van der Waals surface area contributed by atoms with Gasteiger partial charge in [0.05, 0.1) is 6.04 Å². The molecule has 0 radical (unpaired) electrons. The van der Waals surface area contributed by atoms with Gasteiger partial charge in [-0.1, -0.05) is 18.2 Å². The van der Waals surface area contributed by atoms with Crippen LogP contribution in [0.5, 0.6) is 0 Å². The zero-order chi connectivity index (χ0) is 13.7. The fraction of sp³-hybridized carbons (Fsp3) is 0.214. The van der Waals surface area contributed by atoms with Crippen molar-refractivity contribution in [2.45, 2.75) is 12.5 Å². The van der Waals surface area contributed by atoms with Gasteiger partial charge in [-0.3, -0.25) is 4.79 Å². The van der Waals surface area contributed by atoms with Crippen LogP contribution in [0.2, 0.25) is 0 Å². The van der Waals surface area contributed by atoms with E-state index in [0.29, 0.717) is 0 Å². The molecule has 0 aliphatic heterocycles. The van der Waals surface area contributed by atoms with Crippen LogP contribution in [0.3, 0.4) is 0 Å². The third-order valence-electron chi connectivity index (χ3n) is 2.66. The number of alkyl halides is 1. The van der Waals surface area contributed by atoms with Gasteiger partial charge in [-0.25, -0.2) is 4.39 Å². The van der Waals surface area contributed by atoms with Gasteiger partial charge in [-0.2, -0.15) is 0 Å². The van der Waals surface area contributed by atoms with Gasteiger partial charge in [0.25, 0.3) is 0 Å². The largest absolute Gasteiger partial charge is 0.344 e. The van der Waals surface area contributed by atoms with E-state index in [2.05, 4.69) is 5.32 Å². The summed E-state index contributed by atoms with van der Waals surface area (Å²) in [5.41, 5.74) is 0.853. The van der Waals surface area contributed by atoms with Crippen molar-refractivity contribution in [1.29, 1.82) is 0 Å². The Balaban J connectivity index is 2.24. The van der Waals surface area contributed by atoms with Crippen molar-refractivity contribution < 1.29 is 9.18 Å². The number of carbonyl (C=O) groups is 1. The fourth-order valence-corrected chi connectivity index (χ4v) is 2.72. The van der Waals surface area contributed by atoms with Gasteiger partial charge in [0.15, 0.2) is 0 Å². The first-order chi connectivity index (χ1) is 9.20. The van der Waals surface area contributed by atoms with E-state index >= 15 is 0 Å². The SMILES string of the molecule is O=C(CCCl)NC(c1ccc(F)cc1)c1cccs1. The Labute approximate surface area is 120 Å². The molecule has 2 nitrogen and oxygen atoms in total. The van der Waals surface area contributed by atoms with E-state index in [4.69, 9.17) is 11.6 Å². The van der Waals surface area contributed by atoms with Crippen LogP contribution in [-0.2, 0) is 4.79 Å². The fourth-order valence-electron chi connectivity index (χ4n) is 1.75. The lowest BCUT2D eigenvalue weighted by atomic mass is 10.1. The molecule has 1 heterocycles. The minimum Gasteiger partial charge on any atom is -0.344 e. The van der Waals surface area contributed by atoms with E-state index in [1.807, 2.05) is 17.5 Å². The molecule has 1 N–H and O–H groups in total. The second-order valence-electron chi connectivity index (χ2n) is 4.01. The number of hydrogen-bond donors (Lipinski definition) is 1. The Morgan fingerprint density at radius 1 is 1.32 bits per heavy atom. The minimum absolute atomic E-state index is 0.113. The van der Waals surface area contributed by atoms with Gasteiger partial charge >= 0.3 is 0 Å². The molecule has 100 valence electrons. The van der Waals surface area contributed by atoms with Gasteiger partial charge in [-0.15, -0.1) is 22.9 Å². The van der Waals surface area contributed by atoms with Gasteiger partial charge in [0.2, 0.25) is 5.91 Å². The van der Waals surface area contributed by atoms with Crippen LogP contribution in [0, 0.1) is 5.82 Å². The highest BCUT2D eigenvalue weighted by molar-refractivity contribution is 7.10. The van der Waals surface area contributed by atoms with E-state index in [9.17, 15) is 9.18 Å². The summed E-state index contributed by atoms with van der Waals surface area (Å²) in [5.74, 6) is -0.120. The first-order valence-corrected chi connectivity index (χ1v) is 7.26. The molecule has 0 aliphatic carbocycles. The number of hydrogen-bond acceptors (Lipinski definition) is 2. The molecule has 2 aromatic rings. The summed E-state index contributed by atoms with van der Waals surface area (Å²) in [6.07, 6.45) is 0.268. The number of rotatable bonds is 5. The molecule has 1 unspecified atom stereocenters. The molecule has 0 spiro atoms. The lowest BCUT2D eigenvalue weighted by Crippen LogP contribution is -2.28. The molecule has 0 saturated carbocycles. The number of nitrogens with one attached hydrogen (secondary N) is 1. The minimum atomic E-state index is -0.291. The molecule has 1 aromatic carbocycles. The van der Waals surface area contributed by atoms with Crippen LogP contribution < -0.4 is 5.32 Å². The maximum atomic E-state index is 13.0. The van der Waals surface area contributed by atoms with Gasteiger partial charge in [0, 0.05) is 17.2 Å². The monoisotopic (exact) mass is 297 g/mol. The molecule has 0 saturated heterocycles. The average Bonchev–Trinajstić information content (AvgIpc) is 2.91. The lowest BCUT2D eigenvalue weighted by molar-refractivity contribution is -0.121. The quantitative estimate of drug-likeness (QED) is 0.837. The maximum Gasteiger partial charge on any atom is 0.221 e. The summed E-state index contributed by atoms with van der Waals surface area (Å²) in [7, 11) is 0. The number of halogens is 2. The number of amides is 1. The van der Waals surface area contributed by atoms with Crippen molar-refractivity contribution in [3.63, 3.8) is 0 Å². The standard InChI is InChI=1S/C14H13ClFNOS/c15-8-7-13(18)17-14(12-2-1-9-19-12)10-3-5-11(16)6-4-10/h1-6,9,14H,7-8H2,(H,17,18). The van der Waals surface area contributed by atoms with E-state index in [-0.39, 0.29) is 30.1 Å². The third kappa shape index (κ3) is 3.78. The van der Waals surface area contributed by atoms with Crippen LogP contribution in [0.1, 0.15) is 22.9 Å². The van der Waals surface area contributed by atoms with Gasteiger partial charge < -0.3 is 5.32 Å². The highest BCUT2D eigenvalue weighted by atomic mass is 35.5. The molecule has 0 bridgehead atoms. The predicted molar refractivity (Wildman–Crippen MR) is 76.0 cm³/mol. The van der Waals surface area contributed by atoms with Crippen LogP contribution in [0.25, 0.3) is 0 Å². The van der Waals surface area contributed by atoms with E-state index in [1.54, 1.807) is 23.5 Å². The van der Waals surface area contributed by atoms with E-state index in [0.717, 1.165) is 10.4 Å². The van der Waals surface area contributed by atoms with Crippen LogP contribution in [0.15, 0.2) is 41.8 Å². The van der Waals surface area contributed by atoms with Gasteiger partial charge in [0.1, 0.15) is 5.82 Å². The highest BCUT2D eigenvalue weighted by Gasteiger charge is 2.17. The smallest absolute Gasteiger partial charge is 0.221 e. The average molecular weight is 298 g/mol. The molecule has 1 aromatic heterocycles. The zero-order valence-corrected chi connectivity index (χ0v) is 11.7. The summed E-state index contributed by atoms with van der Waals surface area (Å²) >= 11 is 7.11. The van der Waals surface area contributed by atoms with E-state index < -0.39 is 0 Å². The normalized spacial score (nSPS) is 12.1. The van der Waals surface area contributed by atoms with Crippen molar-refractivity contribution in [2.24, 2.45) is 0 Å². The van der Waals surface area contributed by atoms with Crippen molar-refractivity contribution in [3.05, 3.63) is 58.0 Å². The molecule has 19 heavy (non-hydrogen) atoms. The van der Waals surface area contributed by atoms with Crippen molar-refractivity contribution in [2.75, 3.05) is 5.88 Å². The first kappa shape index (κ1) is 14.0. The highest BCUT2D eigenvalue weighted by Crippen LogP contribution is 2.26. The van der Waals surface area contributed by atoms with Crippen LogP contribution in [0.4, 0.5) is 4.39 Å². The Hall–Kier alpha value is -1.39. The molecular weight excluding hydrogens is 285 g/mol. The number of benzene rings is 1. The van der Waals surface area contributed by atoms with Crippen molar-refractivity contribution in [1.82, 2.24) is 5.32 Å². The summed E-state index contributed by atoms with van der Waals surface area (Å²) in [5, 5.41) is 4.86. The first-order valence-electron chi connectivity index (χ1n) is 5.85. The van der Waals surface area contributed by atoms with Gasteiger partial charge in [-0.05, 0) is 29.1 Å². The molecule has 1 atom stereocenters. The molecule has 2 rings (SSSR count). The Kier molecular flexibility index (Phi) is 4.93. The Bertz CT molecular complexity index is 527. The molecular formula is C14H13ClFNOS. The Morgan fingerprint density at radius 3 is 2.63 bits per heavy atom. The summed E-state index contributed by atoms with van der Waals surface area (Å²) in [4.78, 5) is 12.7. The molecule has 0 aliphatic rings. The Morgan fingerprint density at radius 2 is 2.05 bits per heavy atom. The lowest BCUT2D eigenvalue weighted by Gasteiger charge is -2.17.